The average molecular weight is 320 g/mol. The Labute approximate surface area is 138 Å². The van der Waals surface area contributed by atoms with Gasteiger partial charge in [-0.05, 0) is 57.4 Å². The van der Waals surface area contributed by atoms with Crippen molar-refractivity contribution < 1.29 is 14.6 Å². The minimum Gasteiger partial charge on any atom is -0.490 e. The van der Waals surface area contributed by atoms with Gasteiger partial charge in [-0.3, -0.25) is 9.69 Å². The van der Waals surface area contributed by atoms with Crippen LogP contribution in [0.4, 0.5) is 0 Å². The van der Waals surface area contributed by atoms with E-state index in [2.05, 4.69) is 11.4 Å². The van der Waals surface area contributed by atoms with Crippen LogP contribution in [0.5, 0.6) is 5.75 Å². The highest BCUT2D eigenvalue weighted by Gasteiger charge is 2.23. The number of aliphatic hydroxyl groups excluding tert-OH is 1. The first-order valence-corrected chi connectivity index (χ1v) is 8.22. The summed E-state index contributed by atoms with van der Waals surface area (Å²) in [7, 11) is 1.83. The fraction of sp³-hybridized carbons (Fsp3) is 0.611. The van der Waals surface area contributed by atoms with Crippen LogP contribution in [0.25, 0.3) is 0 Å². The lowest BCUT2D eigenvalue weighted by molar-refractivity contribution is -0.122. The van der Waals surface area contributed by atoms with Crippen molar-refractivity contribution in [1.82, 2.24) is 10.2 Å². The molecule has 0 radical (unpaired) electrons. The van der Waals surface area contributed by atoms with Crippen LogP contribution in [-0.4, -0.2) is 54.8 Å². The van der Waals surface area contributed by atoms with E-state index in [-0.39, 0.29) is 12.5 Å². The van der Waals surface area contributed by atoms with E-state index in [0.29, 0.717) is 19.1 Å². The molecule has 1 saturated carbocycles. The molecule has 2 rings (SSSR count). The number of likely N-dealkylation sites (N-methyl/N-ethyl adjacent to an activating group) is 1. The molecule has 1 atom stereocenters. The van der Waals surface area contributed by atoms with Crippen molar-refractivity contribution in [2.45, 2.75) is 45.8 Å². The fourth-order valence-electron chi connectivity index (χ4n) is 2.55. The maximum absolute atomic E-state index is 11.7. The summed E-state index contributed by atoms with van der Waals surface area (Å²) < 4.78 is 5.81. The van der Waals surface area contributed by atoms with Crippen LogP contribution in [0.3, 0.4) is 0 Å². The third-order valence-electron chi connectivity index (χ3n) is 4.17. The van der Waals surface area contributed by atoms with Crippen LogP contribution in [0.2, 0.25) is 0 Å². The van der Waals surface area contributed by atoms with Crippen molar-refractivity contribution in [3.63, 3.8) is 0 Å². The van der Waals surface area contributed by atoms with Crippen LogP contribution >= 0.6 is 0 Å². The lowest BCUT2D eigenvalue weighted by atomic mass is 10.1. The van der Waals surface area contributed by atoms with E-state index in [9.17, 15) is 9.90 Å². The number of hydrogen-bond acceptors (Lipinski definition) is 4. The standard InChI is InChI=1S/C18H28N2O3/c1-12-5-6-13(2)18(14(12)3)23-11-16(21)9-20(4)10-17(22)19-15-7-8-15/h5-6,15-16,21H,7-11H2,1-4H3,(H,19,22). The van der Waals surface area contributed by atoms with Gasteiger partial charge in [-0.2, -0.15) is 0 Å². The Balaban J connectivity index is 1.77. The van der Waals surface area contributed by atoms with Crippen molar-refractivity contribution in [2.75, 3.05) is 26.7 Å². The Kier molecular flexibility index (Phi) is 6.02. The molecule has 0 bridgehead atoms. The highest BCUT2D eigenvalue weighted by molar-refractivity contribution is 5.78. The summed E-state index contributed by atoms with van der Waals surface area (Å²) in [6, 6.07) is 4.47. The number of nitrogens with one attached hydrogen (secondary N) is 1. The molecule has 23 heavy (non-hydrogen) atoms. The van der Waals surface area contributed by atoms with Crippen LogP contribution in [0.15, 0.2) is 12.1 Å². The largest absolute Gasteiger partial charge is 0.490 e. The number of aliphatic hydroxyl groups is 1. The fourth-order valence-corrected chi connectivity index (χ4v) is 2.55. The summed E-state index contributed by atoms with van der Waals surface area (Å²) in [5.41, 5.74) is 3.35. The summed E-state index contributed by atoms with van der Waals surface area (Å²) in [6.45, 7) is 7.00. The van der Waals surface area contributed by atoms with E-state index in [4.69, 9.17) is 4.74 Å². The molecule has 0 aliphatic heterocycles. The smallest absolute Gasteiger partial charge is 0.234 e. The predicted molar refractivity (Wildman–Crippen MR) is 90.8 cm³/mol. The number of amides is 1. The van der Waals surface area contributed by atoms with Crippen molar-refractivity contribution in [3.8, 4) is 5.75 Å². The van der Waals surface area contributed by atoms with Crippen molar-refractivity contribution in [2.24, 2.45) is 0 Å². The molecule has 1 unspecified atom stereocenters. The first kappa shape index (κ1) is 17.8. The SMILES string of the molecule is Cc1ccc(C)c(OCC(O)CN(C)CC(=O)NC2CC2)c1C. The van der Waals surface area contributed by atoms with Crippen LogP contribution in [0.1, 0.15) is 29.5 Å². The van der Waals surface area contributed by atoms with Crippen LogP contribution in [-0.2, 0) is 4.79 Å². The number of carbonyl (C=O) groups excluding carboxylic acids is 1. The number of ether oxygens (including phenoxy) is 1. The summed E-state index contributed by atoms with van der Waals surface area (Å²) in [4.78, 5) is 13.5. The number of rotatable bonds is 8. The van der Waals surface area contributed by atoms with Gasteiger partial charge in [-0.1, -0.05) is 12.1 Å². The molecule has 0 saturated heterocycles. The number of benzene rings is 1. The molecule has 128 valence electrons. The summed E-state index contributed by atoms with van der Waals surface area (Å²) in [5, 5.41) is 13.1. The minimum absolute atomic E-state index is 0.0218. The zero-order chi connectivity index (χ0) is 17.0. The second-order valence-corrected chi connectivity index (χ2v) is 6.66. The zero-order valence-electron chi connectivity index (χ0n) is 14.6. The molecular weight excluding hydrogens is 292 g/mol. The first-order chi connectivity index (χ1) is 10.9. The first-order valence-electron chi connectivity index (χ1n) is 8.22. The van der Waals surface area contributed by atoms with Gasteiger partial charge in [0.25, 0.3) is 0 Å². The topological polar surface area (TPSA) is 61.8 Å². The number of aryl methyl sites for hydroxylation is 2. The lowest BCUT2D eigenvalue weighted by Crippen LogP contribution is -2.40. The van der Waals surface area contributed by atoms with Gasteiger partial charge in [0.05, 0.1) is 6.54 Å². The van der Waals surface area contributed by atoms with Gasteiger partial charge in [0.1, 0.15) is 18.5 Å². The van der Waals surface area contributed by atoms with Crippen LogP contribution in [0, 0.1) is 20.8 Å². The Morgan fingerprint density at radius 1 is 1.35 bits per heavy atom. The second-order valence-electron chi connectivity index (χ2n) is 6.66. The molecule has 5 heteroatoms. The molecule has 2 N–H and O–H groups in total. The summed E-state index contributed by atoms with van der Waals surface area (Å²) >= 11 is 0. The zero-order valence-corrected chi connectivity index (χ0v) is 14.6. The number of nitrogens with zero attached hydrogens (tertiary/aromatic N) is 1. The Morgan fingerprint density at radius 2 is 2.00 bits per heavy atom. The number of carbonyl (C=O) groups is 1. The quantitative estimate of drug-likeness (QED) is 0.763. The molecule has 1 aromatic rings. The molecule has 0 aromatic heterocycles. The van der Waals surface area contributed by atoms with Gasteiger partial charge < -0.3 is 15.2 Å². The lowest BCUT2D eigenvalue weighted by Gasteiger charge is -2.21. The Morgan fingerprint density at radius 3 is 2.65 bits per heavy atom. The molecule has 1 aromatic carbocycles. The van der Waals surface area contributed by atoms with Gasteiger partial charge in [0.15, 0.2) is 0 Å². The minimum atomic E-state index is -0.631. The monoisotopic (exact) mass is 320 g/mol. The van der Waals surface area contributed by atoms with Gasteiger partial charge in [-0.25, -0.2) is 0 Å². The Bertz CT molecular complexity index is 555. The molecule has 0 heterocycles. The summed E-state index contributed by atoms with van der Waals surface area (Å²) in [6.07, 6.45) is 1.54. The van der Waals surface area contributed by atoms with Crippen molar-refractivity contribution in [1.29, 1.82) is 0 Å². The van der Waals surface area contributed by atoms with Crippen LogP contribution < -0.4 is 10.1 Å². The van der Waals surface area contributed by atoms with E-state index >= 15 is 0 Å². The highest BCUT2D eigenvalue weighted by atomic mass is 16.5. The van der Waals surface area contributed by atoms with Crippen molar-refractivity contribution in [3.05, 3.63) is 28.8 Å². The van der Waals surface area contributed by atoms with Gasteiger partial charge >= 0.3 is 0 Å². The predicted octanol–water partition coefficient (Wildman–Crippen LogP) is 1.56. The maximum atomic E-state index is 11.7. The van der Waals surface area contributed by atoms with Gasteiger partial charge in [0, 0.05) is 12.6 Å². The third-order valence-corrected chi connectivity index (χ3v) is 4.17. The highest BCUT2D eigenvalue weighted by Crippen LogP contribution is 2.25. The normalized spacial score (nSPS) is 15.6. The van der Waals surface area contributed by atoms with E-state index in [0.717, 1.165) is 29.7 Å². The third kappa shape index (κ3) is 5.52. The van der Waals surface area contributed by atoms with E-state index < -0.39 is 6.10 Å². The average Bonchev–Trinajstić information content (AvgIpc) is 3.26. The van der Waals surface area contributed by atoms with Crippen molar-refractivity contribution >= 4 is 5.91 Å². The molecule has 1 aliphatic carbocycles. The van der Waals surface area contributed by atoms with Gasteiger partial charge in [0.2, 0.25) is 5.91 Å². The molecule has 0 spiro atoms. The van der Waals surface area contributed by atoms with E-state index in [1.807, 2.05) is 38.8 Å². The van der Waals surface area contributed by atoms with E-state index in [1.54, 1.807) is 0 Å². The molecule has 1 fully saturated rings. The number of hydrogen-bond donors (Lipinski definition) is 2. The Hall–Kier alpha value is -1.59. The van der Waals surface area contributed by atoms with Gasteiger partial charge in [-0.15, -0.1) is 0 Å². The van der Waals surface area contributed by atoms with E-state index in [1.165, 1.54) is 5.56 Å². The maximum Gasteiger partial charge on any atom is 0.234 e. The second kappa shape index (κ2) is 7.79. The molecule has 1 aliphatic rings. The molecular formula is C18H28N2O3. The summed E-state index contributed by atoms with van der Waals surface area (Å²) in [5.74, 6) is 0.867. The molecule has 5 nitrogen and oxygen atoms in total. The molecule has 1 amide bonds.